The van der Waals surface area contributed by atoms with Gasteiger partial charge < -0.3 is 15.8 Å². The number of nitrogens with one attached hydrogen (secondary N) is 1. The third-order valence-electron chi connectivity index (χ3n) is 3.71. The lowest BCUT2D eigenvalue weighted by Gasteiger charge is -2.11. The number of hydrogen-bond acceptors (Lipinski definition) is 6. The quantitative estimate of drug-likeness (QED) is 0.694. The van der Waals surface area contributed by atoms with E-state index in [1.54, 1.807) is 30.5 Å². The number of hydrogen-bond donors (Lipinski definition) is 2. The van der Waals surface area contributed by atoms with Crippen molar-refractivity contribution in [1.82, 2.24) is 20.3 Å². The van der Waals surface area contributed by atoms with Crippen LogP contribution in [0.25, 0.3) is 11.4 Å². The highest BCUT2D eigenvalue weighted by Gasteiger charge is 2.15. The molecule has 0 bridgehead atoms. The molecule has 0 aliphatic heterocycles. The fourth-order valence-corrected chi connectivity index (χ4v) is 2.44. The topological polar surface area (TPSA) is 103 Å². The lowest BCUT2D eigenvalue weighted by molar-refractivity contribution is 0.0950. The van der Waals surface area contributed by atoms with Gasteiger partial charge in [0.05, 0.1) is 18.7 Å². The van der Waals surface area contributed by atoms with E-state index in [2.05, 4.69) is 20.3 Å². The molecule has 0 aliphatic carbocycles. The zero-order chi connectivity index (χ0) is 19.2. The van der Waals surface area contributed by atoms with Crippen LogP contribution in [0, 0.1) is 5.82 Å². The van der Waals surface area contributed by atoms with Crippen LogP contribution >= 0.6 is 0 Å². The summed E-state index contributed by atoms with van der Waals surface area (Å²) in [7, 11) is 0. The average Bonchev–Trinajstić information content (AvgIpc) is 2.67. The molecule has 0 unspecified atom stereocenters. The molecule has 0 spiro atoms. The first kappa shape index (κ1) is 18.2. The minimum atomic E-state index is -0.439. The highest BCUT2D eigenvalue weighted by atomic mass is 19.1. The summed E-state index contributed by atoms with van der Waals surface area (Å²) in [6, 6.07) is 9.37. The summed E-state index contributed by atoms with van der Waals surface area (Å²) >= 11 is 0. The van der Waals surface area contributed by atoms with E-state index in [0.717, 1.165) is 0 Å². The predicted octanol–water partition coefficient (Wildman–Crippen LogP) is 2.59. The van der Waals surface area contributed by atoms with E-state index >= 15 is 0 Å². The third kappa shape index (κ3) is 4.35. The Labute approximate surface area is 155 Å². The molecule has 0 radical (unpaired) electrons. The molecule has 3 aromatic rings. The maximum absolute atomic E-state index is 13.3. The molecule has 0 fully saturated rings. The van der Waals surface area contributed by atoms with Crippen LogP contribution < -0.4 is 15.8 Å². The zero-order valence-corrected chi connectivity index (χ0v) is 14.6. The minimum absolute atomic E-state index is 0.00723. The average molecular weight is 367 g/mol. The van der Waals surface area contributed by atoms with Gasteiger partial charge in [-0.05, 0) is 31.2 Å². The van der Waals surface area contributed by atoms with Crippen LogP contribution in [0.2, 0.25) is 0 Å². The van der Waals surface area contributed by atoms with Crippen molar-refractivity contribution in [2.75, 3.05) is 12.3 Å². The van der Waals surface area contributed by atoms with E-state index in [9.17, 15) is 9.18 Å². The largest absolute Gasteiger partial charge is 0.492 e. The summed E-state index contributed by atoms with van der Waals surface area (Å²) in [6.07, 6.45) is 2.94. The van der Waals surface area contributed by atoms with Crippen molar-refractivity contribution in [3.8, 4) is 17.1 Å². The Morgan fingerprint density at radius 1 is 1.26 bits per heavy atom. The highest BCUT2D eigenvalue weighted by molar-refractivity contribution is 5.98. The number of carbonyl (C=O) groups excluding carboxylic acids is 1. The summed E-state index contributed by atoms with van der Waals surface area (Å²) in [5.41, 5.74) is 7.10. The number of rotatable bonds is 6. The Kier molecular flexibility index (Phi) is 5.55. The van der Waals surface area contributed by atoms with Crippen molar-refractivity contribution < 1.29 is 13.9 Å². The fraction of sp³-hybridized carbons (Fsp3) is 0.158. The molecule has 2 aromatic heterocycles. The van der Waals surface area contributed by atoms with Crippen molar-refractivity contribution in [3.63, 3.8) is 0 Å². The van der Waals surface area contributed by atoms with E-state index < -0.39 is 11.7 Å². The number of nitrogen functional groups attached to an aromatic ring is 1. The molecule has 138 valence electrons. The molecular weight excluding hydrogens is 349 g/mol. The number of amides is 1. The van der Waals surface area contributed by atoms with Gasteiger partial charge in [0.1, 0.15) is 23.1 Å². The number of ether oxygens (including phenoxy) is 1. The van der Waals surface area contributed by atoms with Crippen LogP contribution in [0.5, 0.6) is 5.75 Å². The van der Waals surface area contributed by atoms with E-state index in [-0.39, 0.29) is 23.8 Å². The normalized spacial score (nSPS) is 10.4. The van der Waals surface area contributed by atoms with Crippen LogP contribution in [-0.4, -0.2) is 27.5 Å². The highest BCUT2D eigenvalue weighted by Crippen LogP contribution is 2.19. The predicted molar refractivity (Wildman–Crippen MR) is 98.4 cm³/mol. The van der Waals surface area contributed by atoms with Gasteiger partial charge in [0.25, 0.3) is 5.91 Å². The Morgan fingerprint density at radius 2 is 2.11 bits per heavy atom. The molecule has 3 rings (SSSR count). The molecule has 8 heteroatoms. The lowest BCUT2D eigenvalue weighted by Crippen LogP contribution is -2.25. The molecule has 2 heterocycles. The molecule has 0 saturated heterocycles. The summed E-state index contributed by atoms with van der Waals surface area (Å²) in [5, 5.41) is 2.72. The molecule has 27 heavy (non-hydrogen) atoms. The summed E-state index contributed by atoms with van der Waals surface area (Å²) in [4.78, 5) is 24.8. The van der Waals surface area contributed by atoms with Crippen molar-refractivity contribution in [2.24, 2.45) is 0 Å². The van der Waals surface area contributed by atoms with Gasteiger partial charge in [0.15, 0.2) is 5.82 Å². The van der Waals surface area contributed by atoms with Gasteiger partial charge in [-0.2, -0.15) is 0 Å². The smallest absolute Gasteiger partial charge is 0.256 e. The van der Waals surface area contributed by atoms with Crippen LogP contribution in [0.4, 0.5) is 10.2 Å². The van der Waals surface area contributed by atoms with E-state index in [4.69, 9.17) is 10.5 Å². The molecule has 1 amide bonds. The Bertz CT molecular complexity index is 964. The van der Waals surface area contributed by atoms with Gasteiger partial charge in [-0.1, -0.05) is 12.1 Å². The maximum Gasteiger partial charge on any atom is 0.256 e. The van der Waals surface area contributed by atoms with Crippen molar-refractivity contribution >= 4 is 11.7 Å². The SMILES string of the molecule is CCOc1cccnc1CNC(=O)c1cnc(-c2cccc(F)c2)nc1N. The van der Waals surface area contributed by atoms with Crippen molar-refractivity contribution in [2.45, 2.75) is 13.5 Å². The van der Waals surface area contributed by atoms with Gasteiger partial charge in [-0.25, -0.2) is 14.4 Å². The Morgan fingerprint density at radius 3 is 2.85 bits per heavy atom. The Balaban J connectivity index is 1.74. The number of aromatic nitrogens is 3. The second kappa shape index (κ2) is 8.22. The van der Waals surface area contributed by atoms with Crippen molar-refractivity contribution in [1.29, 1.82) is 0 Å². The fourth-order valence-electron chi connectivity index (χ4n) is 2.44. The molecule has 7 nitrogen and oxygen atoms in total. The number of nitrogens with zero attached hydrogens (tertiary/aromatic N) is 3. The number of pyridine rings is 1. The van der Waals surface area contributed by atoms with Gasteiger partial charge in [-0.3, -0.25) is 9.78 Å². The number of nitrogens with two attached hydrogens (primary N) is 1. The number of anilines is 1. The molecule has 1 aromatic carbocycles. The first-order valence-electron chi connectivity index (χ1n) is 8.32. The zero-order valence-electron chi connectivity index (χ0n) is 14.6. The second-order valence-electron chi connectivity index (χ2n) is 5.57. The summed E-state index contributed by atoms with van der Waals surface area (Å²) in [5.74, 6) is 0.00837. The van der Waals surface area contributed by atoms with Crippen LogP contribution in [0.15, 0.2) is 48.8 Å². The van der Waals surface area contributed by atoms with Crippen molar-refractivity contribution in [3.05, 3.63) is 65.9 Å². The van der Waals surface area contributed by atoms with Gasteiger partial charge in [-0.15, -0.1) is 0 Å². The lowest BCUT2D eigenvalue weighted by atomic mass is 10.2. The van der Waals surface area contributed by atoms with Crippen LogP contribution in [0.1, 0.15) is 23.0 Å². The van der Waals surface area contributed by atoms with E-state index in [0.29, 0.717) is 23.6 Å². The van der Waals surface area contributed by atoms with Crippen LogP contribution in [-0.2, 0) is 6.54 Å². The molecule has 0 saturated carbocycles. The minimum Gasteiger partial charge on any atom is -0.492 e. The first-order valence-corrected chi connectivity index (χ1v) is 8.32. The second-order valence-corrected chi connectivity index (χ2v) is 5.57. The van der Waals surface area contributed by atoms with E-state index in [1.165, 1.54) is 18.3 Å². The molecule has 3 N–H and O–H groups in total. The monoisotopic (exact) mass is 367 g/mol. The molecule has 0 atom stereocenters. The van der Waals surface area contributed by atoms with Gasteiger partial charge in [0.2, 0.25) is 0 Å². The number of halogens is 1. The maximum atomic E-state index is 13.3. The van der Waals surface area contributed by atoms with Gasteiger partial charge >= 0.3 is 0 Å². The molecular formula is C19H18FN5O2. The molecule has 0 aliphatic rings. The number of benzene rings is 1. The standard InChI is InChI=1S/C19H18FN5O2/c1-2-27-16-7-4-8-22-15(16)11-24-19(26)14-10-23-18(25-17(14)21)12-5-3-6-13(20)9-12/h3-10H,2,11H2,1H3,(H,24,26)(H2,21,23,25). The summed E-state index contributed by atoms with van der Waals surface area (Å²) < 4.78 is 18.8. The van der Waals surface area contributed by atoms with Crippen LogP contribution in [0.3, 0.4) is 0 Å². The first-order chi connectivity index (χ1) is 13.1. The number of carbonyl (C=O) groups is 1. The van der Waals surface area contributed by atoms with Gasteiger partial charge in [0, 0.05) is 18.0 Å². The summed E-state index contributed by atoms with van der Waals surface area (Å²) in [6.45, 7) is 2.53. The third-order valence-corrected chi connectivity index (χ3v) is 3.71. The Hall–Kier alpha value is -3.55. The van der Waals surface area contributed by atoms with E-state index in [1.807, 2.05) is 6.92 Å².